The summed E-state index contributed by atoms with van der Waals surface area (Å²) < 4.78 is 2.29. The Morgan fingerprint density at radius 3 is 3.00 bits per heavy atom. The maximum Gasteiger partial charge on any atom is 0.0347 e. The van der Waals surface area contributed by atoms with Gasteiger partial charge in [-0.1, -0.05) is 0 Å². The van der Waals surface area contributed by atoms with Crippen molar-refractivity contribution in [3.8, 4) is 0 Å². The van der Waals surface area contributed by atoms with Crippen LogP contribution in [0.3, 0.4) is 0 Å². The number of hydrogen-bond acceptors (Lipinski definition) is 1. The van der Waals surface area contributed by atoms with Gasteiger partial charge in [0, 0.05) is 31.0 Å². The molecule has 0 radical (unpaired) electrons. The van der Waals surface area contributed by atoms with Gasteiger partial charge in [0.05, 0.1) is 0 Å². The zero-order valence-corrected chi connectivity index (χ0v) is 7.59. The first kappa shape index (κ1) is 7.87. The summed E-state index contributed by atoms with van der Waals surface area (Å²) in [6, 6.07) is 5.09. The van der Waals surface area contributed by atoms with Crippen LogP contribution in [-0.2, 0) is 6.54 Å². The summed E-state index contributed by atoms with van der Waals surface area (Å²) in [7, 11) is 0. The minimum atomic E-state index is 0.834. The summed E-state index contributed by atoms with van der Waals surface area (Å²) in [6.45, 7) is 4.37. The topological polar surface area (TPSA) is 17.0 Å². The molecule has 0 unspecified atom stereocenters. The Hall–Kier alpha value is -0.760. The van der Waals surface area contributed by atoms with Crippen molar-refractivity contribution in [2.24, 2.45) is 0 Å². The molecule has 1 saturated carbocycles. The number of nitrogens with zero attached hydrogens (tertiary/aromatic N) is 1. The van der Waals surface area contributed by atoms with Crippen molar-refractivity contribution in [3.05, 3.63) is 24.0 Å². The van der Waals surface area contributed by atoms with Gasteiger partial charge < -0.3 is 9.88 Å². The highest BCUT2D eigenvalue weighted by Crippen LogP contribution is 2.18. The van der Waals surface area contributed by atoms with E-state index in [0.717, 1.165) is 19.1 Å². The molecule has 12 heavy (non-hydrogen) atoms. The average molecular weight is 164 g/mol. The van der Waals surface area contributed by atoms with E-state index in [1.807, 2.05) is 0 Å². The van der Waals surface area contributed by atoms with Gasteiger partial charge in [-0.05, 0) is 31.9 Å². The van der Waals surface area contributed by atoms with Crippen LogP contribution in [0.4, 0.5) is 0 Å². The van der Waals surface area contributed by atoms with E-state index in [-0.39, 0.29) is 0 Å². The van der Waals surface area contributed by atoms with Crippen LogP contribution >= 0.6 is 0 Å². The Bertz CT molecular complexity index is 248. The standard InChI is InChI=1S/C10H16N2/c1-9-3-2-7-12(9)8-6-11-10-4-5-10/h2-3,7,10-11H,4-6,8H2,1H3. The van der Waals surface area contributed by atoms with Gasteiger partial charge in [0.25, 0.3) is 0 Å². The van der Waals surface area contributed by atoms with Crippen LogP contribution in [0.1, 0.15) is 18.5 Å². The summed E-state index contributed by atoms with van der Waals surface area (Å²) in [4.78, 5) is 0. The van der Waals surface area contributed by atoms with Crippen LogP contribution in [0.5, 0.6) is 0 Å². The van der Waals surface area contributed by atoms with Gasteiger partial charge >= 0.3 is 0 Å². The zero-order valence-electron chi connectivity index (χ0n) is 7.59. The minimum absolute atomic E-state index is 0.834. The molecule has 1 heterocycles. The van der Waals surface area contributed by atoms with Crippen molar-refractivity contribution in [1.82, 2.24) is 9.88 Å². The van der Waals surface area contributed by atoms with Crippen molar-refractivity contribution in [2.75, 3.05) is 6.54 Å². The lowest BCUT2D eigenvalue weighted by Crippen LogP contribution is -2.21. The first-order chi connectivity index (χ1) is 5.86. The third-order valence-corrected chi connectivity index (χ3v) is 2.42. The van der Waals surface area contributed by atoms with Crippen molar-refractivity contribution in [2.45, 2.75) is 32.4 Å². The number of hydrogen-bond donors (Lipinski definition) is 1. The van der Waals surface area contributed by atoms with Gasteiger partial charge in [0.1, 0.15) is 0 Å². The van der Waals surface area contributed by atoms with E-state index in [0.29, 0.717) is 0 Å². The Labute approximate surface area is 73.6 Å². The Morgan fingerprint density at radius 1 is 1.58 bits per heavy atom. The van der Waals surface area contributed by atoms with E-state index in [1.54, 1.807) is 0 Å². The number of aryl methyl sites for hydroxylation is 1. The van der Waals surface area contributed by atoms with Gasteiger partial charge in [-0.25, -0.2) is 0 Å². The Morgan fingerprint density at radius 2 is 2.42 bits per heavy atom. The fourth-order valence-corrected chi connectivity index (χ4v) is 1.43. The molecule has 0 saturated heterocycles. The molecular formula is C10H16N2. The van der Waals surface area contributed by atoms with E-state index in [2.05, 4.69) is 35.1 Å². The maximum atomic E-state index is 3.50. The van der Waals surface area contributed by atoms with Crippen molar-refractivity contribution in [1.29, 1.82) is 0 Å². The molecule has 0 atom stereocenters. The van der Waals surface area contributed by atoms with E-state index in [9.17, 15) is 0 Å². The quantitative estimate of drug-likeness (QED) is 0.714. The molecule has 0 aromatic carbocycles. The SMILES string of the molecule is Cc1cccn1CCNC1CC1. The molecule has 1 aromatic heterocycles. The van der Waals surface area contributed by atoms with Gasteiger partial charge in [-0.2, -0.15) is 0 Å². The van der Waals surface area contributed by atoms with E-state index in [4.69, 9.17) is 0 Å². The molecule has 2 rings (SSSR count). The highest BCUT2D eigenvalue weighted by molar-refractivity contribution is 5.04. The summed E-state index contributed by atoms with van der Waals surface area (Å²) in [5.41, 5.74) is 1.35. The molecule has 0 bridgehead atoms. The first-order valence-corrected chi connectivity index (χ1v) is 4.71. The van der Waals surface area contributed by atoms with Gasteiger partial charge in [-0.15, -0.1) is 0 Å². The van der Waals surface area contributed by atoms with Gasteiger partial charge in [0.2, 0.25) is 0 Å². The first-order valence-electron chi connectivity index (χ1n) is 4.71. The van der Waals surface area contributed by atoms with Crippen LogP contribution in [-0.4, -0.2) is 17.2 Å². The van der Waals surface area contributed by atoms with Crippen LogP contribution in [0.2, 0.25) is 0 Å². The molecule has 2 nitrogen and oxygen atoms in total. The summed E-state index contributed by atoms with van der Waals surface area (Å²) in [5.74, 6) is 0. The normalized spacial score (nSPS) is 16.8. The number of nitrogens with one attached hydrogen (secondary N) is 1. The summed E-state index contributed by atoms with van der Waals surface area (Å²) >= 11 is 0. The molecular weight excluding hydrogens is 148 g/mol. The number of rotatable bonds is 4. The van der Waals surface area contributed by atoms with Crippen LogP contribution in [0, 0.1) is 6.92 Å². The Balaban J connectivity index is 1.75. The fourth-order valence-electron chi connectivity index (χ4n) is 1.43. The van der Waals surface area contributed by atoms with E-state index >= 15 is 0 Å². The second kappa shape index (κ2) is 3.31. The number of aromatic nitrogens is 1. The molecule has 0 spiro atoms. The summed E-state index contributed by atoms with van der Waals surface area (Å²) in [5, 5.41) is 3.50. The third-order valence-electron chi connectivity index (χ3n) is 2.42. The molecule has 1 aliphatic carbocycles. The Kier molecular flexibility index (Phi) is 2.17. The van der Waals surface area contributed by atoms with E-state index < -0.39 is 0 Å². The molecule has 0 amide bonds. The molecule has 66 valence electrons. The van der Waals surface area contributed by atoms with Gasteiger partial charge in [0.15, 0.2) is 0 Å². The van der Waals surface area contributed by atoms with Crippen molar-refractivity contribution < 1.29 is 0 Å². The monoisotopic (exact) mass is 164 g/mol. The fraction of sp³-hybridized carbons (Fsp3) is 0.600. The summed E-state index contributed by atoms with van der Waals surface area (Å²) in [6.07, 6.45) is 4.90. The highest BCUT2D eigenvalue weighted by Gasteiger charge is 2.19. The predicted octanol–water partition coefficient (Wildman–Crippen LogP) is 1.55. The molecule has 1 aliphatic rings. The molecule has 2 heteroatoms. The minimum Gasteiger partial charge on any atom is -0.350 e. The van der Waals surface area contributed by atoms with E-state index in [1.165, 1.54) is 18.5 Å². The van der Waals surface area contributed by atoms with Crippen LogP contribution in [0.15, 0.2) is 18.3 Å². The zero-order chi connectivity index (χ0) is 8.39. The highest BCUT2D eigenvalue weighted by atomic mass is 15.0. The maximum absolute atomic E-state index is 3.50. The van der Waals surface area contributed by atoms with Crippen molar-refractivity contribution in [3.63, 3.8) is 0 Å². The lowest BCUT2D eigenvalue weighted by molar-refractivity contribution is 0.589. The molecule has 1 aromatic rings. The predicted molar refractivity (Wildman–Crippen MR) is 50.2 cm³/mol. The van der Waals surface area contributed by atoms with Gasteiger partial charge in [-0.3, -0.25) is 0 Å². The second-order valence-corrected chi connectivity index (χ2v) is 3.57. The lowest BCUT2D eigenvalue weighted by atomic mass is 10.5. The largest absolute Gasteiger partial charge is 0.350 e. The second-order valence-electron chi connectivity index (χ2n) is 3.57. The molecule has 1 N–H and O–H groups in total. The van der Waals surface area contributed by atoms with Crippen LogP contribution in [0.25, 0.3) is 0 Å². The molecule has 1 fully saturated rings. The smallest absolute Gasteiger partial charge is 0.0347 e. The lowest BCUT2D eigenvalue weighted by Gasteiger charge is -2.06. The average Bonchev–Trinajstić information content (AvgIpc) is 2.78. The van der Waals surface area contributed by atoms with Crippen LogP contribution < -0.4 is 5.32 Å². The molecule has 0 aliphatic heterocycles. The van der Waals surface area contributed by atoms with Crippen molar-refractivity contribution >= 4 is 0 Å². The third kappa shape index (κ3) is 1.89.